The van der Waals surface area contributed by atoms with E-state index in [1.54, 1.807) is 30.3 Å². The zero-order valence-corrected chi connectivity index (χ0v) is 14.4. The third-order valence-electron chi connectivity index (χ3n) is 3.07. The van der Waals surface area contributed by atoms with Crippen molar-refractivity contribution in [2.45, 2.75) is 13.8 Å². The van der Waals surface area contributed by atoms with Crippen molar-refractivity contribution in [2.75, 3.05) is 10.6 Å². The van der Waals surface area contributed by atoms with Gasteiger partial charge in [0.1, 0.15) is 0 Å². The van der Waals surface area contributed by atoms with Gasteiger partial charge in [0, 0.05) is 20.9 Å². The molecule has 0 radical (unpaired) electrons. The Labute approximate surface area is 142 Å². The van der Waals surface area contributed by atoms with E-state index >= 15 is 0 Å². The molecule has 0 aliphatic carbocycles. The summed E-state index contributed by atoms with van der Waals surface area (Å²) in [6.45, 7) is 3.79. The second-order valence-electron chi connectivity index (χ2n) is 4.84. The molecule has 6 heteroatoms. The summed E-state index contributed by atoms with van der Waals surface area (Å²) in [7, 11) is 0. The van der Waals surface area contributed by atoms with Crippen molar-refractivity contribution in [1.82, 2.24) is 0 Å². The van der Waals surface area contributed by atoms with Crippen molar-refractivity contribution in [3.63, 3.8) is 0 Å². The summed E-state index contributed by atoms with van der Waals surface area (Å²) >= 11 is 9.36. The zero-order chi connectivity index (χ0) is 16.3. The van der Waals surface area contributed by atoms with Crippen molar-refractivity contribution in [1.29, 1.82) is 0 Å². The number of rotatable bonds is 2. The first kappa shape index (κ1) is 16.5. The monoisotopic (exact) mass is 380 g/mol. The minimum absolute atomic E-state index is 0.473. The largest absolute Gasteiger partial charge is 0.318 e. The van der Waals surface area contributed by atoms with Crippen molar-refractivity contribution in [3.05, 3.63) is 57.0 Å². The van der Waals surface area contributed by atoms with Gasteiger partial charge in [0.2, 0.25) is 0 Å². The minimum Gasteiger partial charge on any atom is -0.318 e. The van der Waals surface area contributed by atoms with Crippen LogP contribution in [0.2, 0.25) is 5.02 Å². The normalized spacial score (nSPS) is 10.2. The number of halogens is 2. The van der Waals surface area contributed by atoms with Gasteiger partial charge in [0.25, 0.3) is 0 Å². The zero-order valence-electron chi connectivity index (χ0n) is 12.0. The highest BCUT2D eigenvalue weighted by molar-refractivity contribution is 9.10. The summed E-state index contributed by atoms with van der Waals surface area (Å²) in [5.41, 5.74) is 2.95. The Morgan fingerprint density at radius 3 is 1.91 bits per heavy atom. The lowest BCUT2D eigenvalue weighted by molar-refractivity contribution is -0.132. The molecule has 2 rings (SSSR count). The molecule has 0 unspecified atom stereocenters. The number of amides is 2. The van der Waals surface area contributed by atoms with Gasteiger partial charge in [-0.3, -0.25) is 9.59 Å². The summed E-state index contributed by atoms with van der Waals surface area (Å²) < 4.78 is 0.857. The quantitative estimate of drug-likeness (QED) is 0.762. The molecule has 0 aliphatic rings. The van der Waals surface area contributed by atoms with E-state index in [4.69, 9.17) is 11.6 Å². The lowest BCUT2D eigenvalue weighted by Gasteiger charge is -2.08. The molecule has 22 heavy (non-hydrogen) atoms. The maximum absolute atomic E-state index is 11.9. The molecular formula is C16H14BrClN2O2. The van der Waals surface area contributed by atoms with Crippen LogP contribution in [0.15, 0.2) is 40.9 Å². The Hall–Kier alpha value is -1.85. The van der Waals surface area contributed by atoms with Crippen LogP contribution in [0.1, 0.15) is 11.1 Å². The first-order valence-corrected chi connectivity index (χ1v) is 7.68. The molecule has 2 aromatic carbocycles. The highest BCUT2D eigenvalue weighted by atomic mass is 79.9. The molecule has 2 N–H and O–H groups in total. The summed E-state index contributed by atoms with van der Waals surface area (Å²) in [5, 5.41) is 5.58. The van der Waals surface area contributed by atoms with Gasteiger partial charge in [-0.2, -0.15) is 0 Å². The molecule has 0 fully saturated rings. The average molecular weight is 382 g/mol. The second kappa shape index (κ2) is 6.94. The van der Waals surface area contributed by atoms with Crippen LogP contribution in [0.4, 0.5) is 11.4 Å². The Kier molecular flexibility index (Phi) is 5.21. The molecule has 0 aliphatic heterocycles. The van der Waals surface area contributed by atoms with Gasteiger partial charge in [-0.1, -0.05) is 39.7 Å². The molecule has 114 valence electrons. The fraction of sp³-hybridized carbons (Fsp3) is 0.125. The number of carbonyl (C=O) groups excluding carboxylic acids is 2. The SMILES string of the molecule is Cc1ccc(NC(=O)C(=O)Nc2ccc(C)c(Br)c2)cc1Cl. The van der Waals surface area contributed by atoms with Crippen LogP contribution in [-0.2, 0) is 9.59 Å². The maximum Gasteiger partial charge on any atom is 0.314 e. The van der Waals surface area contributed by atoms with E-state index in [9.17, 15) is 9.59 Å². The molecule has 0 saturated heterocycles. The third-order valence-corrected chi connectivity index (χ3v) is 4.33. The van der Waals surface area contributed by atoms with Gasteiger partial charge in [0.15, 0.2) is 0 Å². The van der Waals surface area contributed by atoms with Gasteiger partial charge < -0.3 is 10.6 Å². The van der Waals surface area contributed by atoms with Crippen LogP contribution in [0.25, 0.3) is 0 Å². The molecule has 2 aromatic rings. The Morgan fingerprint density at radius 1 is 0.909 bits per heavy atom. The first-order valence-electron chi connectivity index (χ1n) is 6.51. The van der Waals surface area contributed by atoms with E-state index in [0.29, 0.717) is 16.4 Å². The van der Waals surface area contributed by atoms with E-state index in [-0.39, 0.29) is 0 Å². The van der Waals surface area contributed by atoms with Crippen LogP contribution >= 0.6 is 27.5 Å². The van der Waals surface area contributed by atoms with Crippen molar-refractivity contribution >= 4 is 50.7 Å². The maximum atomic E-state index is 11.9. The topological polar surface area (TPSA) is 58.2 Å². The van der Waals surface area contributed by atoms with E-state index in [1.165, 1.54) is 0 Å². The van der Waals surface area contributed by atoms with Gasteiger partial charge in [-0.25, -0.2) is 0 Å². The van der Waals surface area contributed by atoms with E-state index in [2.05, 4.69) is 26.6 Å². The Morgan fingerprint density at radius 2 is 1.41 bits per heavy atom. The first-order chi connectivity index (χ1) is 10.4. The summed E-state index contributed by atoms with van der Waals surface area (Å²) in [6.07, 6.45) is 0. The van der Waals surface area contributed by atoms with E-state index in [0.717, 1.165) is 15.6 Å². The van der Waals surface area contributed by atoms with Gasteiger partial charge in [0.05, 0.1) is 0 Å². The van der Waals surface area contributed by atoms with Crippen molar-refractivity contribution in [3.8, 4) is 0 Å². The molecule has 0 aromatic heterocycles. The van der Waals surface area contributed by atoms with Crippen molar-refractivity contribution in [2.24, 2.45) is 0 Å². The number of aryl methyl sites for hydroxylation is 2. The van der Waals surface area contributed by atoms with Crippen LogP contribution in [0.3, 0.4) is 0 Å². The predicted molar refractivity (Wildman–Crippen MR) is 92.3 cm³/mol. The smallest absolute Gasteiger partial charge is 0.314 e. The average Bonchev–Trinajstić information content (AvgIpc) is 2.46. The lowest BCUT2D eigenvalue weighted by Crippen LogP contribution is -2.29. The number of anilines is 2. The summed E-state index contributed by atoms with van der Waals surface area (Å²) in [5.74, 6) is -1.50. The third kappa shape index (κ3) is 4.08. The predicted octanol–water partition coefficient (Wildman–Crippen LogP) is 4.30. The lowest BCUT2D eigenvalue weighted by atomic mass is 10.2. The van der Waals surface area contributed by atoms with Crippen LogP contribution in [-0.4, -0.2) is 11.8 Å². The Balaban J connectivity index is 2.04. The molecule has 0 atom stereocenters. The fourth-order valence-corrected chi connectivity index (χ4v) is 2.28. The van der Waals surface area contributed by atoms with Gasteiger partial charge in [-0.15, -0.1) is 0 Å². The molecule has 4 nitrogen and oxygen atoms in total. The van der Waals surface area contributed by atoms with E-state index < -0.39 is 11.8 Å². The van der Waals surface area contributed by atoms with E-state index in [1.807, 2.05) is 19.9 Å². The number of hydrogen-bond acceptors (Lipinski definition) is 2. The minimum atomic E-state index is -0.753. The van der Waals surface area contributed by atoms with Crippen LogP contribution in [0, 0.1) is 13.8 Å². The van der Waals surface area contributed by atoms with Gasteiger partial charge in [-0.05, 0) is 49.2 Å². The summed E-state index contributed by atoms with van der Waals surface area (Å²) in [4.78, 5) is 23.8. The number of benzene rings is 2. The highest BCUT2D eigenvalue weighted by Crippen LogP contribution is 2.21. The van der Waals surface area contributed by atoms with Crippen molar-refractivity contribution < 1.29 is 9.59 Å². The van der Waals surface area contributed by atoms with Crippen LogP contribution < -0.4 is 10.6 Å². The fourth-order valence-electron chi connectivity index (χ4n) is 1.72. The molecule has 0 heterocycles. The Bertz CT molecular complexity index is 683. The molecule has 0 saturated carbocycles. The molecular weight excluding hydrogens is 368 g/mol. The highest BCUT2D eigenvalue weighted by Gasteiger charge is 2.14. The number of nitrogens with one attached hydrogen (secondary N) is 2. The number of hydrogen-bond donors (Lipinski definition) is 2. The molecule has 0 spiro atoms. The molecule has 0 bridgehead atoms. The number of carbonyl (C=O) groups is 2. The standard InChI is InChI=1S/C16H14BrClN2O2/c1-9-3-5-11(7-13(9)17)19-15(21)16(22)20-12-6-4-10(2)14(18)8-12/h3-8H,1-2H3,(H,19,21)(H,20,22). The van der Waals surface area contributed by atoms with Gasteiger partial charge >= 0.3 is 11.8 Å². The van der Waals surface area contributed by atoms with Crippen LogP contribution in [0.5, 0.6) is 0 Å². The summed E-state index contributed by atoms with van der Waals surface area (Å²) in [6, 6.07) is 10.4. The molecule has 2 amide bonds. The second-order valence-corrected chi connectivity index (χ2v) is 6.10.